The number of thiocarbonyl (C=S) groups is 1. The van der Waals surface area contributed by atoms with Crippen LogP contribution in [0.1, 0.15) is 11.1 Å². The molecule has 0 radical (unpaired) electrons. The van der Waals surface area contributed by atoms with E-state index in [9.17, 15) is 18.0 Å². The van der Waals surface area contributed by atoms with Crippen LogP contribution in [0.25, 0.3) is 6.08 Å². The van der Waals surface area contributed by atoms with Crippen molar-refractivity contribution < 1.29 is 18.0 Å². The summed E-state index contributed by atoms with van der Waals surface area (Å²) < 4.78 is 38.9. The van der Waals surface area contributed by atoms with Gasteiger partial charge in [-0.05, 0) is 36.4 Å². The molecule has 0 saturated carbocycles. The fraction of sp³-hybridized carbons (Fsp3) is 0.0588. The molecule has 0 aromatic heterocycles. The maximum atomic E-state index is 12.9. The van der Waals surface area contributed by atoms with E-state index in [0.29, 0.717) is 15.6 Å². The average Bonchev–Trinajstić information content (AvgIpc) is 2.84. The molecule has 134 valence electrons. The van der Waals surface area contributed by atoms with E-state index in [1.165, 1.54) is 18.2 Å². The highest BCUT2D eigenvalue weighted by Gasteiger charge is 2.36. The second-order valence-corrected chi connectivity index (χ2v) is 7.69. The van der Waals surface area contributed by atoms with E-state index in [-0.39, 0.29) is 14.9 Å². The smallest absolute Gasteiger partial charge is 0.268 e. The van der Waals surface area contributed by atoms with Crippen LogP contribution < -0.4 is 4.90 Å². The summed E-state index contributed by atoms with van der Waals surface area (Å²) >= 11 is 18.3. The summed E-state index contributed by atoms with van der Waals surface area (Å²) in [6.45, 7) is 0. The summed E-state index contributed by atoms with van der Waals surface area (Å²) in [6, 6.07) is 9.34. The number of thioether (sulfide) groups is 1. The van der Waals surface area contributed by atoms with Crippen molar-refractivity contribution in [1.82, 2.24) is 0 Å². The van der Waals surface area contributed by atoms with E-state index < -0.39 is 17.6 Å². The Bertz CT molecular complexity index is 924. The van der Waals surface area contributed by atoms with Gasteiger partial charge in [0.15, 0.2) is 4.32 Å². The summed E-state index contributed by atoms with van der Waals surface area (Å²) in [7, 11) is 0. The Labute approximate surface area is 166 Å². The van der Waals surface area contributed by atoms with E-state index in [1.54, 1.807) is 18.2 Å². The Morgan fingerprint density at radius 3 is 2.31 bits per heavy atom. The molecule has 0 bridgehead atoms. The maximum Gasteiger partial charge on any atom is 0.416 e. The van der Waals surface area contributed by atoms with Gasteiger partial charge in [0.05, 0.1) is 16.2 Å². The number of rotatable bonds is 2. The predicted molar refractivity (Wildman–Crippen MR) is 104 cm³/mol. The van der Waals surface area contributed by atoms with Crippen molar-refractivity contribution in [3.05, 3.63) is 68.5 Å². The number of benzene rings is 2. The summed E-state index contributed by atoms with van der Waals surface area (Å²) in [4.78, 5) is 14.0. The molecule has 1 heterocycles. The van der Waals surface area contributed by atoms with Gasteiger partial charge in [0.25, 0.3) is 5.91 Å². The van der Waals surface area contributed by atoms with Crippen LogP contribution in [-0.4, -0.2) is 10.2 Å². The van der Waals surface area contributed by atoms with Crippen LogP contribution >= 0.6 is 47.2 Å². The predicted octanol–water partition coefficient (Wildman–Crippen LogP) is 6.42. The largest absolute Gasteiger partial charge is 0.416 e. The van der Waals surface area contributed by atoms with Gasteiger partial charge in [-0.1, -0.05) is 59.3 Å². The molecule has 1 amide bonds. The molecular weight excluding hydrogens is 426 g/mol. The van der Waals surface area contributed by atoms with Gasteiger partial charge in [-0.2, -0.15) is 13.2 Å². The first kappa shape index (κ1) is 19.2. The van der Waals surface area contributed by atoms with Crippen LogP contribution in [0.3, 0.4) is 0 Å². The molecule has 9 heteroatoms. The summed E-state index contributed by atoms with van der Waals surface area (Å²) in [5.74, 6) is -0.532. The minimum Gasteiger partial charge on any atom is -0.268 e. The zero-order chi connectivity index (χ0) is 19.1. The molecule has 0 N–H and O–H groups in total. The lowest BCUT2D eigenvalue weighted by Crippen LogP contribution is -2.27. The zero-order valence-electron chi connectivity index (χ0n) is 12.7. The molecule has 1 saturated heterocycles. The molecule has 26 heavy (non-hydrogen) atoms. The van der Waals surface area contributed by atoms with Gasteiger partial charge in [-0.3, -0.25) is 9.69 Å². The Hall–Kier alpha value is -1.54. The standard InChI is InChI=1S/C17H8Cl2F3NOS2/c18-12-5-2-6-13(19)11(12)8-14-15(24)23(16(25)26-14)10-4-1-3-9(7-10)17(20,21)22/h1-8H. The lowest BCUT2D eigenvalue weighted by atomic mass is 10.1. The number of alkyl halides is 3. The van der Waals surface area contributed by atoms with Crippen molar-refractivity contribution in [2.45, 2.75) is 6.18 Å². The topological polar surface area (TPSA) is 20.3 Å². The lowest BCUT2D eigenvalue weighted by Gasteiger charge is -2.16. The van der Waals surface area contributed by atoms with Gasteiger partial charge in [0, 0.05) is 15.6 Å². The highest BCUT2D eigenvalue weighted by molar-refractivity contribution is 8.27. The number of carbonyl (C=O) groups excluding carboxylic acids is 1. The van der Waals surface area contributed by atoms with Crippen LogP contribution in [0, 0.1) is 0 Å². The number of hydrogen-bond acceptors (Lipinski definition) is 3. The lowest BCUT2D eigenvalue weighted by molar-refractivity contribution is -0.137. The van der Waals surface area contributed by atoms with Gasteiger partial charge in [0.1, 0.15) is 0 Å². The third-order valence-electron chi connectivity index (χ3n) is 3.50. The third-order valence-corrected chi connectivity index (χ3v) is 5.46. The molecule has 3 rings (SSSR count). The normalized spacial score (nSPS) is 16.7. The first-order chi connectivity index (χ1) is 12.2. The number of hydrogen-bond donors (Lipinski definition) is 0. The van der Waals surface area contributed by atoms with Crippen molar-refractivity contribution >= 4 is 69.2 Å². The summed E-state index contributed by atoms with van der Waals surface area (Å²) in [5, 5.41) is 0.698. The van der Waals surface area contributed by atoms with Gasteiger partial charge < -0.3 is 0 Å². The molecule has 1 aliphatic heterocycles. The second-order valence-electron chi connectivity index (χ2n) is 5.20. The van der Waals surface area contributed by atoms with Crippen LogP contribution in [0.15, 0.2) is 47.4 Å². The van der Waals surface area contributed by atoms with E-state index in [2.05, 4.69) is 0 Å². The van der Waals surface area contributed by atoms with Gasteiger partial charge >= 0.3 is 6.18 Å². The molecule has 2 aromatic rings. The monoisotopic (exact) mass is 433 g/mol. The minimum absolute atomic E-state index is 0.0518. The molecule has 0 spiro atoms. The van der Waals surface area contributed by atoms with Crippen LogP contribution in [0.4, 0.5) is 18.9 Å². The van der Waals surface area contributed by atoms with Gasteiger partial charge in [-0.15, -0.1) is 0 Å². The zero-order valence-corrected chi connectivity index (χ0v) is 15.8. The van der Waals surface area contributed by atoms with Crippen LogP contribution in [-0.2, 0) is 11.0 Å². The number of amides is 1. The molecule has 2 nitrogen and oxygen atoms in total. The van der Waals surface area contributed by atoms with Crippen molar-refractivity contribution in [3.8, 4) is 0 Å². The SMILES string of the molecule is O=C1C(=Cc2c(Cl)cccc2Cl)SC(=S)N1c1cccc(C(F)(F)F)c1. The van der Waals surface area contributed by atoms with E-state index in [4.69, 9.17) is 35.4 Å². The van der Waals surface area contributed by atoms with E-state index in [1.807, 2.05) is 0 Å². The Morgan fingerprint density at radius 2 is 1.69 bits per heavy atom. The van der Waals surface area contributed by atoms with Crippen molar-refractivity contribution in [1.29, 1.82) is 0 Å². The first-order valence-corrected chi connectivity index (χ1v) is 9.06. The molecule has 0 aliphatic carbocycles. The number of anilines is 1. The fourth-order valence-corrected chi connectivity index (χ4v) is 4.08. The first-order valence-electron chi connectivity index (χ1n) is 7.07. The second kappa shape index (κ2) is 7.23. The van der Waals surface area contributed by atoms with E-state index >= 15 is 0 Å². The van der Waals surface area contributed by atoms with Crippen molar-refractivity contribution in [2.75, 3.05) is 4.90 Å². The van der Waals surface area contributed by atoms with E-state index in [0.717, 1.165) is 28.8 Å². The molecule has 0 atom stereocenters. The molecule has 1 aliphatic rings. The Kier molecular flexibility index (Phi) is 5.35. The average molecular weight is 434 g/mol. The maximum absolute atomic E-state index is 12.9. The molecular formula is C17H8Cl2F3NOS2. The number of carbonyl (C=O) groups is 1. The Morgan fingerprint density at radius 1 is 1.08 bits per heavy atom. The summed E-state index contributed by atoms with van der Waals surface area (Å²) in [6.07, 6.45) is -3.03. The minimum atomic E-state index is -4.52. The van der Waals surface area contributed by atoms with Gasteiger partial charge in [0.2, 0.25) is 0 Å². The number of nitrogens with zero attached hydrogens (tertiary/aromatic N) is 1. The van der Waals surface area contributed by atoms with Crippen molar-refractivity contribution in [2.24, 2.45) is 0 Å². The highest BCUT2D eigenvalue weighted by atomic mass is 35.5. The molecule has 2 aromatic carbocycles. The fourth-order valence-electron chi connectivity index (χ4n) is 2.29. The van der Waals surface area contributed by atoms with Gasteiger partial charge in [-0.25, -0.2) is 0 Å². The summed E-state index contributed by atoms with van der Waals surface area (Å²) in [5.41, 5.74) is -0.362. The molecule has 0 unspecified atom stereocenters. The Balaban J connectivity index is 1.99. The van der Waals surface area contributed by atoms with Crippen LogP contribution in [0.5, 0.6) is 0 Å². The van der Waals surface area contributed by atoms with Crippen molar-refractivity contribution in [3.63, 3.8) is 0 Å². The molecule has 1 fully saturated rings. The quantitative estimate of drug-likeness (QED) is 0.402. The van der Waals surface area contributed by atoms with Crippen LogP contribution in [0.2, 0.25) is 10.0 Å². The number of halogens is 5. The highest BCUT2D eigenvalue weighted by Crippen LogP contribution is 2.39. The third kappa shape index (κ3) is 3.76.